The van der Waals surface area contributed by atoms with Gasteiger partial charge in [0.2, 0.25) is 0 Å². The van der Waals surface area contributed by atoms with Crippen LogP contribution in [0, 0.1) is 25.7 Å². The van der Waals surface area contributed by atoms with Gasteiger partial charge in [0, 0.05) is 37.9 Å². The Kier molecular flexibility index (Phi) is 6.27. The molecule has 6 nitrogen and oxygen atoms in total. The summed E-state index contributed by atoms with van der Waals surface area (Å²) in [6.07, 6.45) is 2.07. The largest absolute Gasteiger partial charge is 0.378 e. The molecule has 0 radical (unpaired) electrons. The number of ether oxygens (including phenoxy) is 1. The zero-order valence-electron chi connectivity index (χ0n) is 15.8. The van der Waals surface area contributed by atoms with E-state index in [-0.39, 0.29) is 18.2 Å². The Morgan fingerprint density at radius 3 is 2.67 bits per heavy atom. The topological polar surface area (TPSA) is 68.2 Å². The Labute approximate surface area is 145 Å². The fraction of sp³-hybridized carbons (Fsp3) is 0.778. The Morgan fingerprint density at radius 1 is 1.38 bits per heavy atom. The average molecular weight is 336 g/mol. The number of aromatic nitrogens is 2. The highest BCUT2D eigenvalue weighted by atomic mass is 16.5. The van der Waals surface area contributed by atoms with E-state index in [1.54, 1.807) is 0 Å². The molecule has 2 rings (SSSR count). The van der Waals surface area contributed by atoms with Crippen molar-refractivity contribution in [2.45, 2.75) is 59.6 Å². The van der Waals surface area contributed by atoms with E-state index in [1.165, 1.54) is 5.56 Å². The van der Waals surface area contributed by atoms with E-state index in [0.29, 0.717) is 18.4 Å². The lowest BCUT2D eigenvalue weighted by Gasteiger charge is -2.23. The van der Waals surface area contributed by atoms with Gasteiger partial charge in [-0.2, -0.15) is 5.10 Å². The number of carbonyl (C=O) groups is 1. The minimum atomic E-state index is -0.101. The number of rotatable bonds is 6. The molecule has 1 aliphatic rings. The maximum atomic E-state index is 12.2. The first kappa shape index (κ1) is 18.8. The molecule has 136 valence electrons. The van der Waals surface area contributed by atoms with Crippen LogP contribution < -0.4 is 10.6 Å². The van der Waals surface area contributed by atoms with Crippen LogP contribution in [0.3, 0.4) is 0 Å². The molecular weight excluding hydrogens is 304 g/mol. The number of amides is 2. The van der Waals surface area contributed by atoms with Gasteiger partial charge in [-0.3, -0.25) is 4.68 Å². The molecule has 2 heterocycles. The van der Waals surface area contributed by atoms with Crippen molar-refractivity contribution < 1.29 is 9.53 Å². The highest BCUT2D eigenvalue weighted by Gasteiger charge is 2.30. The van der Waals surface area contributed by atoms with Crippen LogP contribution in [-0.2, 0) is 18.2 Å². The highest BCUT2D eigenvalue weighted by molar-refractivity contribution is 5.74. The number of carbonyl (C=O) groups excluding carboxylic acids is 1. The molecule has 0 bridgehead atoms. The Hall–Kier alpha value is -1.56. The molecule has 1 aromatic rings. The summed E-state index contributed by atoms with van der Waals surface area (Å²) < 4.78 is 7.66. The molecule has 0 saturated carbocycles. The summed E-state index contributed by atoms with van der Waals surface area (Å²) in [5, 5.41) is 10.5. The lowest BCUT2D eigenvalue weighted by atomic mass is 9.93. The Balaban J connectivity index is 1.79. The van der Waals surface area contributed by atoms with E-state index in [4.69, 9.17) is 4.74 Å². The van der Waals surface area contributed by atoms with E-state index < -0.39 is 0 Å². The predicted octanol–water partition coefficient (Wildman–Crippen LogP) is 2.33. The Morgan fingerprint density at radius 2 is 2.08 bits per heavy atom. The first-order valence-electron chi connectivity index (χ1n) is 8.94. The number of hydrogen-bond acceptors (Lipinski definition) is 3. The lowest BCUT2D eigenvalue weighted by Crippen LogP contribution is -2.44. The second-order valence-electron chi connectivity index (χ2n) is 7.36. The van der Waals surface area contributed by atoms with Crippen molar-refractivity contribution in [3.63, 3.8) is 0 Å². The minimum Gasteiger partial charge on any atom is -0.378 e. The maximum Gasteiger partial charge on any atom is 0.315 e. The first-order valence-corrected chi connectivity index (χ1v) is 8.94. The van der Waals surface area contributed by atoms with Crippen LogP contribution in [0.2, 0.25) is 0 Å². The predicted molar refractivity (Wildman–Crippen MR) is 95.1 cm³/mol. The molecule has 3 atom stereocenters. The molecule has 0 aliphatic carbocycles. The van der Waals surface area contributed by atoms with Gasteiger partial charge in [0.05, 0.1) is 11.8 Å². The van der Waals surface area contributed by atoms with E-state index >= 15 is 0 Å². The smallest absolute Gasteiger partial charge is 0.315 e. The van der Waals surface area contributed by atoms with Gasteiger partial charge in [-0.1, -0.05) is 13.8 Å². The average Bonchev–Trinajstić information content (AvgIpc) is 3.06. The number of hydrogen-bond donors (Lipinski definition) is 2. The number of nitrogens with zero attached hydrogens (tertiary/aromatic N) is 2. The van der Waals surface area contributed by atoms with Crippen LogP contribution in [-0.4, -0.2) is 41.1 Å². The third-order valence-electron chi connectivity index (χ3n) is 4.99. The summed E-state index contributed by atoms with van der Waals surface area (Å²) in [6.45, 7) is 11.9. The molecule has 1 aliphatic heterocycles. The second-order valence-corrected chi connectivity index (χ2v) is 7.36. The SMILES string of the molecule is Cc1nn(C)c(C)c1C[C@H](C)NC(=O)NC[C@@H]1CCO[C@@H]1C(C)C. The molecule has 0 aromatic carbocycles. The van der Waals surface area contributed by atoms with Gasteiger partial charge in [-0.05, 0) is 45.1 Å². The summed E-state index contributed by atoms with van der Waals surface area (Å²) >= 11 is 0. The fourth-order valence-electron chi connectivity index (χ4n) is 3.58. The van der Waals surface area contributed by atoms with E-state index in [0.717, 1.165) is 30.8 Å². The molecule has 2 N–H and O–H groups in total. The molecule has 0 spiro atoms. The van der Waals surface area contributed by atoms with Gasteiger partial charge in [0.25, 0.3) is 0 Å². The monoisotopic (exact) mass is 336 g/mol. The number of aryl methyl sites for hydroxylation is 2. The quantitative estimate of drug-likeness (QED) is 0.838. The van der Waals surface area contributed by atoms with Crippen LogP contribution in [0.15, 0.2) is 0 Å². The standard InChI is InChI=1S/C18H32N4O2/c1-11(2)17-15(7-8-24-17)10-19-18(23)20-12(3)9-16-13(4)21-22(6)14(16)5/h11-12,15,17H,7-10H2,1-6H3,(H2,19,20,23)/t12-,15-,17+/m0/s1. The van der Waals surface area contributed by atoms with Crippen LogP contribution in [0.1, 0.15) is 44.1 Å². The van der Waals surface area contributed by atoms with E-state index in [1.807, 2.05) is 25.6 Å². The van der Waals surface area contributed by atoms with Crippen molar-refractivity contribution in [3.8, 4) is 0 Å². The zero-order chi connectivity index (χ0) is 17.9. The van der Waals surface area contributed by atoms with Gasteiger partial charge < -0.3 is 15.4 Å². The van der Waals surface area contributed by atoms with Crippen LogP contribution in [0.25, 0.3) is 0 Å². The zero-order valence-corrected chi connectivity index (χ0v) is 15.8. The molecule has 1 saturated heterocycles. The summed E-state index contributed by atoms with van der Waals surface area (Å²) in [5.41, 5.74) is 3.41. The normalized spacial score (nSPS) is 22.0. The maximum absolute atomic E-state index is 12.2. The summed E-state index contributed by atoms with van der Waals surface area (Å²) in [7, 11) is 1.95. The molecule has 24 heavy (non-hydrogen) atoms. The molecule has 0 unspecified atom stereocenters. The van der Waals surface area contributed by atoms with Crippen LogP contribution in [0.5, 0.6) is 0 Å². The van der Waals surface area contributed by atoms with Gasteiger partial charge in [-0.15, -0.1) is 0 Å². The van der Waals surface area contributed by atoms with Crippen molar-refractivity contribution >= 4 is 6.03 Å². The first-order chi connectivity index (χ1) is 11.3. The van der Waals surface area contributed by atoms with Crippen molar-refractivity contribution in [1.82, 2.24) is 20.4 Å². The van der Waals surface area contributed by atoms with E-state index in [9.17, 15) is 4.79 Å². The summed E-state index contributed by atoms with van der Waals surface area (Å²) in [5.74, 6) is 0.895. The molecule has 6 heteroatoms. The van der Waals surface area contributed by atoms with Gasteiger partial charge in [-0.25, -0.2) is 4.79 Å². The third-order valence-corrected chi connectivity index (χ3v) is 4.99. The van der Waals surface area contributed by atoms with E-state index in [2.05, 4.69) is 36.5 Å². The van der Waals surface area contributed by atoms with Crippen molar-refractivity contribution in [2.75, 3.05) is 13.2 Å². The van der Waals surface area contributed by atoms with Gasteiger partial charge in [0.1, 0.15) is 0 Å². The summed E-state index contributed by atoms with van der Waals surface area (Å²) in [6, 6.07) is -0.0385. The molecule has 1 aromatic heterocycles. The van der Waals surface area contributed by atoms with Crippen LogP contribution in [0.4, 0.5) is 4.79 Å². The number of urea groups is 1. The highest BCUT2D eigenvalue weighted by Crippen LogP contribution is 2.26. The minimum absolute atomic E-state index is 0.0623. The Bertz CT molecular complexity index is 568. The van der Waals surface area contributed by atoms with Crippen molar-refractivity contribution in [3.05, 3.63) is 17.0 Å². The van der Waals surface area contributed by atoms with Gasteiger partial charge >= 0.3 is 6.03 Å². The van der Waals surface area contributed by atoms with Gasteiger partial charge in [0.15, 0.2) is 0 Å². The third kappa shape index (κ3) is 4.50. The molecule has 2 amide bonds. The number of nitrogens with one attached hydrogen (secondary N) is 2. The fourth-order valence-corrected chi connectivity index (χ4v) is 3.58. The molecular formula is C18H32N4O2. The second kappa shape index (κ2) is 8.01. The van der Waals surface area contributed by atoms with Crippen molar-refractivity contribution in [1.29, 1.82) is 0 Å². The molecule has 1 fully saturated rings. The van der Waals surface area contributed by atoms with Crippen LogP contribution >= 0.6 is 0 Å². The van der Waals surface area contributed by atoms with Crippen molar-refractivity contribution in [2.24, 2.45) is 18.9 Å². The lowest BCUT2D eigenvalue weighted by molar-refractivity contribution is 0.0545. The summed E-state index contributed by atoms with van der Waals surface area (Å²) in [4.78, 5) is 12.2.